The monoisotopic (exact) mass is 347 g/mol. The van der Waals surface area contributed by atoms with Crippen LogP contribution < -0.4 is 5.32 Å². The van der Waals surface area contributed by atoms with Gasteiger partial charge in [0, 0.05) is 12.0 Å². The van der Waals surface area contributed by atoms with Crippen molar-refractivity contribution in [3.05, 3.63) is 0 Å². The zero-order valence-electron chi connectivity index (χ0n) is 16.2. The summed E-state index contributed by atoms with van der Waals surface area (Å²) in [5.74, 6) is 1.15. The van der Waals surface area contributed by atoms with Gasteiger partial charge in [0.15, 0.2) is 0 Å². The molecule has 140 valence electrons. The van der Waals surface area contributed by atoms with Gasteiger partial charge < -0.3 is 10.1 Å². The second kappa shape index (κ2) is 5.23. The molecule has 1 spiro atoms. The molecular weight excluding hydrogens is 314 g/mol. The van der Waals surface area contributed by atoms with E-state index < -0.39 is 0 Å². The number of nitrogens with one attached hydrogen (secondary N) is 1. The van der Waals surface area contributed by atoms with Crippen molar-refractivity contribution in [2.24, 2.45) is 28.1 Å². The third-order valence-electron chi connectivity index (χ3n) is 8.78. The molecule has 0 aromatic carbocycles. The van der Waals surface area contributed by atoms with E-state index in [-0.39, 0.29) is 33.7 Å². The van der Waals surface area contributed by atoms with Gasteiger partial charge in [0.2, 0.25) is 5.91 Å². The van der Waals surface area contributed by atoms with E-state index in [1.165, 1.54) is 20.0 Å². The highest BCUT2D eigenvalue weighted by Crippen LogP contribution is 2.70. The Hall–Kier alpha value is -1.06. The summed E-state index contributed by atoms with van der Waals surface area (Å²) >= 11 is 0. The minimum Gasteiger partial charge on any atom is -0.469 e. The lowest BCUT2D eigenvalue weighted by atomic mass is 9.38. The first-order valence-corrected chi connectivity index (χ1v) is 10.1. The fourth-order valence-corrected chi connectivity index (χ4v) is 8.02. The second-order valence-electron chi connectivity index (χ2n) is 10.3. The van der Waals surface area contributed by atoms with Crippen molar-refractivity contribution < 1.29 is 14.3 Å². The molecule has 3 aliphatic carbocycles. The molecule has 4 aliphatic rings. The predicted octanol–water partition coefficient (Wildman–Crippen LogP) is 3.83. The van der Waals surface area contributed by atoms with Crippen LogP contribution in [0.5, 0.6) is 0 Å². The number of carbonyl (C=O) groups excluding carboxylic acids is 2. The van der Waals surface area contributed by atoms with E-state index >= 15 is 0 Å². The first-order valence-electron chi connectivity index (χ1n) is 10.1. The summed E-state index contributed by atoms with van der Waals surface area (Å²) in [5, 5.41) is 3.27. The summed E-state index contributed by atoms with van der Waals surface area (Å²) in [6, 6.07) is 0. The van der Waals surface area contributed by atoms with Crippen molar-refractivity contribution >= 4 is 11.9 Å². The molecule has 25 heavy (non-hydrogen) atoms. The second-order valence-corrected chi connectivity index (χ2v) is 10.3. The maximum absolute atomic E-state index is 12.7. The van der Waals surface area contributed by atoms with Crippen LogP contribution in [0.1, 0.15) is 78.6 Å². The van der Waals surface area contributed by atoms with E-state index in [4.69, 9.17) is 4.74 Å². The molecule has 0 aromatic rings. The summed E-state index contributed by atoms with van der Waals surface area (Å²) in [7, 11) is 1.53. The zero-order chi connectivity index (χ0) is 18.1. The average Bonchev–Trinajstić information content (AvgIpc) is 2.51. The molecule has 4 nitrogen and oxygen atoms in total. The van der Waals surface area contributed by atoms with Gasteiger partial charge >= 0.3 is 5.97 Å². The van der Waals surface area contributed by atoms with Gasteiger partial charge in [-0.25, -0.2) is 0 Å². The van der Waals surface area contributed by atoms with Gasteiger partial charge in [0.25, 0.3) is 0 Å². The molecule has 6 atom stereocenters. The summed E-state index contributed by atoms with van der Waals surface area (Å²) in [6.07, 6.45) is 9.43. The third-order valence-corrected chi connectivity index (χ3v) is 8.78. The lowest BCUT2D eigenvalue weighted by molar-refractivity contribution is -0.196. The van der Waals surface area contributed by atoms with Gasteiger partial charge in [-0.1, -0.05) is 13.3 Å². The highest BCUT2D eigenvalue weighted by molar-refractivity contribution is 5.79. The van der Waals surface area contributed by atoms with Gasteiger partial charge in [-0.3, -0.25) is 9.59 Å². The number of esters is 1. The fourth-order valence-electron chi connectivity index (χ4n) is 8.02. The number of amides is 1. The molecule has 0 aromatic heterocycles. The summed E-state index contributed by atoms with van der Waals surface area (Å²) in [4.78, 5) is 25.2. The van der Waals surface area contributed by atoms with E-state index in [0.717, 1.165) is 38.5 Å². The molecule has 0 unspecified atom stereocenters. The Kier molecular flexibility index (Phi) is 3.63. The van der Waals surface area contributed by atoms with E-state index in [1.807, 2.05) is 0 Å². The van der Waals surface area contributed by atoms with Crippen LogP contribution in [0.4, 0.5) is 0 Å². The van der Waals surface area contributed by atoms with Crippen molar-refractivity contribution in [3.63, 3.8) is 0 Å². The van der Waals surface area contributed by atoms with E-state index in [0.29, 0.717) is 18.3 Å². The molecular formula is C21H33NO3. The third kappa shape index (κ3) is 2.24. The number of rotatable bonds is 1. The SMILES string of the molecule is COC(=O)[C@]1(C)CCC[C@@]2(C)[C@@H]3CC[C@@]4(C)C[C@]3(CC[C@@H]21)CC(=O)N4. The zero-order valence-corrected chi connectivity index (χ0v) is 16.2. The van der Waals surface area contributed by atoms with Gasteiger partial charge in [0.1, 0.15) is 0 Å². The minimum absolute atomic E-state index is 0.0185. The van der Waals surface area contributed by atoms with Gasteiger partial charge in [-0.15, -0.1) is 0 Å². The maximum Gasteiger partial charge on any atom is 0.311 e. The number of methoxy groups -OCH3 is 1. The van der Waals surface area contributed by atoms with Crippen molar-refractivity contribution in [1.29, 1.82) is 0 Å². The number of carbonyl (C=O) groups is 2. The molecule has 1 heterocycles. The normalized spacial score (nSPS) is 51.8. The van der Waals surface area contributed by atoms with E-state index in [2.05, 4.69) is 26.1 Å². The van der Waals surface area contributed by atoms with Crippen molar-refractivity contribution in [2.75, 3.05) is 7.11 Å². The number of piperidine rings is 1. The molecule has 3 saturated carbocycles. The standard InChI is InChI=1S/C21H33NO3/c1-18-10-6-15-19(2)8-5-9-20(3,17(24)25-4)14(19)7-11-21(15,13-18)12-16(23)22-18/h14-15H,5-13H2,1-4H3,(H,22,23)/t14-,15-,18-,19+,20+,21-/m0/s1. The maximum atomic E-state index is 12.7. The molecule has 2 bridgehead atoms. The number of fused-ring (bicyclic) bond motifs is 3. The smallest absolute Gasteiger partial charge is 0.311 e. The minimum atomic E-state index is -0.360. The largest absolute Gasteiger partial charge is 0.469 e. The Balaban J connectivity index is 1.74. The predicted molar refractivity (Wildman–Crippen MR) is 95.7 cm³/mol. The number of hydrogen-bond acceptors (Lipinski definition) is 3. The van der Waals surface area contributed by atoms with Crippen molar-refractivity contribution in [3.8, 4) is 0 Å². The van der Waals surface area contributed by atoms with Gasteiger partial charge in [-0.2, -0.15) is 0 Å². The average molecular weight is 347 g/mol. The lowest BCUT2D eigenvalue weighted by Gasteiger charge is -2.67. The highest BCUT2D eigenvalue weighted by atomic mass is 16.5. The molecule has 1 amide bonds. The first-order chi connectivity index (χ1) is 11.7. The quantitative estimate of drug-likeness (QED) is 0.734. The molecule has 0 radical (unpaired) electrons. The van der Waals surface area contributed by atoms with Crippen molar-refractivity contribution in [1.82, 2.24) is 5.32 Å². The van der Waals surface area contributed by atoms with Crippen LogP contribution in [-0.2, 0) is 14.3 Å². The summed E-state index contributed by atoms with van der Waals surface area (Å²) in [5.41, 5.74) is -0.0796. The number of hydrogen-bond donors (Lipinski definition) is 1. The van der Waals surface area contributed by atoms with Crippen LogP contribution in [0.15, 0.2) is 0 Å². The number of ether oxygens (including phenoxy) is 1. The van der Waals surface area contributed by atoms with Crippen LogP contribution in [0.3, 0.4) is 0 Å². The lowest BCUT2D eigenvalue weighted by Crippen LogP contribution is -2.67. The molecule has 1 N–H and O–H groups in total. The van der Waals surface area contributed by atoms with Crippen LogP contribution >= 0.6 is 0 Å². The Labute approximate surface area is 151 Å². The van der Waals surface area contributed by atoms with E-state index in [1.54, 1.807) is 0 Å². The topological polar surface area (TPSA) is 55.4 Å². The van der Waals surface area contributed by atoms with Crippen LogP contribution in [0.2, 0.25) is 0 Å². The first kappa shape index (κ1) is 17.4. The van der Waals surface area contributed by atoms with Crippen LogP contribution in [0, 0.1) is 28.1 Å². The van der Waals surface area contributed by atoms with Crippen LogP contribution in [-0.4, -0.2) is 24.5 Å². The molecule has 1 saturated heterocycles. The van der Waals surface area contributed by atoms with E-state index in [9.17, 15) is 9.59 Å². The Morgan fingerprint density at radius 3 is 2.52 bits per heavy atom. The van der Waals surface area contributed by atoms with Gasteiger partial charge in [-0.05, 0) is 81.5 Å². The summed E-state index contributed by atoms with van der Waals surface area (Å²) < 4.78 is 5.23. The molecule has 1 aliphatic heterocycles. The molecule has 4 fully saturated rings. The Morgan fingerprint density at radius 2 is 1.80 bits per heavy atom. The highest BCUT2D eigenvalue weighted by Gasteiger charge is 2.66. The van der Waals surface area contributed by atoms with Gasteiger partial charge in [0.05, 0.1) is 12.5 Å². The van der Waals surface area contributed by atoms with Crippen molar-refractivity contribution in [2.45, 2.75) is 84.1 Å². The summed E-state index contributed by atoms with van der Waals surface area (Å²) in [6.45, 7) is 6.80. The Morgan fingerprint density at radius 1 is 1.08 bits per heavy atom. The Bertz CT molecular complexity index is 618. The fraction of sp³-hybridized carbons (Fsp3) is 0.905. The molecule has 4 heteroatoms. The van der Waals surface area contributed by atoms with Crippen LogP contribution in [0.25, 0.3) is 0 Å². The molecule has 4 rings (SSSR count).